The molecule has 0 saturated heterocycles. The van der Waals surface area contributed by atoms with Crippen molar-refractivity contribution in [3.8, 4) is 0 Å². The number of rotatable bonds is 5. The number of carbonyl (C=O) groups is 3. The number of hydrogen-bond acceptors (Lipinski definition) is 4. The number of carbonyl (C=O) groups excluding carboxylic acids is 1. The van der Waals surface area contributed by atoms with Crippen molar-refractivity contribution in [2.75, 3.05) is 0 Å². The van der Waals surface area contributed by atoms with Gasteiger partial charge in [0.15, 0.2) is 0 Å². The van der Waals surface area contributed by atoms with Crippen LogP contribution in [0.2, 0.25) is 0 Å². The maximum atomic E-state index is 12.2. The Morgan fingerprint density at radius 3 is 2.48 bits per heavy atom. The molecule has 3 N–H and O–H groups in total. The lowest BCUT2D eigenvalue weighted by Crippen LogP contribution is -2.42. The molecule has 1 aromatic carbocycles. The molecule has 0 fully saturated rings. The Hall–Kier alpha value is -2.41. The molecule has 0 aliphatic heterocycles. The van der Waals surface area contributed by atoms with Crippen LogP contribution in [0.15, 0.2) is 24.3 Å². The van der Waals surface area contributed by atoms with Crippen LogP contribution in [-0.2, 0) is 9.59 Å². The van der Waals surface area contributed by atoms with Crippen LogP contribution in [0.3, 0.4) is 0 Å². The molecule has 0 saturated carbocycles. The van der Waals surface area contributed by atoms with Gasteiger partial charge in [-0.25, -0.2) is 4.79 Å². The Morgan fingerprint density at radius 2 is 1.90 bits per heavy atom. The van der Waals surface area contributed by atoms with E-state index in [0.29, 0.717) is 4.88 Å². The largest absolute Gasteiger partial charge is 0.481 e. The molecule has 21 heavy (non-hydrogen) atoms. The molecule has 0 radical (unpaired) electrons. The number of fused-ring (bicyclic) bond motifs is 1. The first-order chi connectivity index (χ1) is 9.90. The topological polar surface area (TPSA) is 104 Å². The van der Waals surface area contributed by atoms with E-state index in [2.05, 4.69) is 5.32 Å². The predicted molar refractivity (Wildman–Crippen MR) is 77.7 cm³/mol. The summed E-state index contributed by atoms with van der Waals surface area (Å²) in [4.78, 5) is 34.2. The highest BCUT2D eigenvalue weighted by atomic mass is 32.1. The highest BCUT2D eigenvalue weighted by molar-refractivity contribution is 7.21. The van der Waals surface area contributed by atoms with Gasteiger partial charge in [-0.15, -0.1) is 11.3 Å². The molecule has 1 amide bonds. The molecular formula is C14H13NO5S. The average molecular weight is 307 g/mol. The molecule has 1 atom stereocenters. The van der Waals surface area contributed by atoms with Gasteiger partial charge in [0, 0.05) is 4.70 Å². The second kappa shape index (κ2) is 5.92. The van der Waals surface area contributed by atoms with E-state index < -0.39 is 30.3 Å². The molecule has 1 aromatic heterocycles. The number of benzene rings is 1. The zero-order valence-electron chi connectivity index (χ0n) is 11.1. The first-order valence-electron chi connectivity index (χ1n) is 6.13. The number of amides is 1. The lowest BCUT2D eigenvalue weighted by Gasteiger charge is -2.11. The summed E-state index contributed by atoms with van der Waals surface area (Å²) in [5.41, 5.74) is 0.757. The number of carboxylic acids is 2. The lowest BCUT2D eigenvalue weighted by molar-refractivity contribution is -0.145. The number of aryl methyl sites for hydroxylation is 1. The van der Waals surface area contributed by atoms with E-state index in [1.807, 2.05) is 24.3 Å². The molecule has 7 heteroatoms. The highest BCUT2D eigenvalue weighted by Gasteiger charge is 2.25. The standard InChI is InChI=1S/C14H13NO5S/c1-7-8-4-2-3-5-10(8)21-12(7)13(18)15-9(14(19)20)6-11(16)17/h2-5,9H,6H2,1H3,(H,15,18)(H,16,17)(H,19,20)/t9-/m0/s1. The van der Waals surface area contributed by atoms with Gasteiger partial charge in [0.2, 0.25) is 0 Å². The van der Waals surface area contributed by atoms with E-state index in [0.717, 1.165) is 15.6 Å². The van der Waals surface area contributed by atoms with Gasteiger partial charge >= 0.3 is 11.9 Å². The van der Waals surface area contributed by atoms with Crippen molar-refractivity contribution < 1.29 is 24.6 Å². The average Bonchev–Trinajstić information content (AvgIpc) is 2.75. The Bertz CT molecular complexity index is 721. The Balaban J connectivity index is 2.27. The molecule has 0 unspecified atom stereocenters. The minimum Gasteiger partial charge on any atom is -0.481 e. The van der Waals surface area contributed by atoms with E-state index in [1.54, 1.807) is 6.92 Å². The van der Waals surface area contributed by atoms with Crippen LogP contribution >= 0.6 is 11.3 Å². The van der Waals surface area contributed by atoms with Crippen molar-refractivity contribution >= 4 is 39.3 Å². The molecule has 110 valence electrons. The molecule has 2 aromatic rings. The summed E-state index contributed by atoms with van der Waals surface area (Å²) in [5.74, 6) is -3.22. The lowest BCUT2D eigenvalue weighted by atomic mass is 10.1. The maximum absolute atomic E-state index is 12.2. The van der Waals surface area contributed by atoms with Crippen molar-refractivity contribution in [2.24, 2.45) is 0 Å². The van der Waals surface area contributed by atoms with Crippen LogP contribution < -0.4 is 5.32 Å². The van der Waals surface area contributed by atoms with Crippen molar-refractivity contribution in [3.63, 3.8) is 0 Å². The normalized spacial score (nSPS) is 12.0. The third-order valence-corrected chi connectivity index (χ3v) is 4.30. The Labute approximate surface area is 124 Å². The van der Waals surface area contributed by atoms with Gasteiger partial charge in [0.25, 0.3) is 5.91 Å². The summed E-state index contributed by atoms with van der Waals surface area (Å²) in [6.45, 7) is 1.78. The minimum absolute atomic E-state index is 0.396. The fourth-order valence-corrected chi connectivity index (χ4v) is 3.10. The van der Waals surface area contributed by atoms with E-state index in [9.17, 15) is 14.4 Å². The first kappa shape index (κ1) is 15.0. The number of nitrogens with one attached hydrogen (secondary N) is 1. The number of hydrogen-bond donors (Lipinski definition) is 3. The van der Waals surface area contributed by atoms with Gasteiger partial charge < -0.3 is 15.5 Å². The van der Waals surface area contributed by atoms with Gasteiger partial charge in [-0.1, -0.05) is 18.2 Å². The van der Waals surface area contributed by atoms with Crippen LogP contribution in [0.4, 0.5) is 0 Å². The summed E-state index contributed by atoms with van der Waals surface area (Å²) in [6, 6.07) is 6.01. The summed E-state index contributed by atoms with van der Waals surface area (Å²) in [6.07, 6.45) is -0.662. The predicted octanol–water partition coefficient (Wildman–Crippen LogP) is 1.87. The monoisotopic (exact) mass is 307 g/mol. The summed E-state index contributed by atoms with van der Waals surface area (Å²) >= 11 is 1.25. The zero-order valence-corrected chi connectivity index (χ0v) is 11.9. The smallest absolute Gasteiger partial charge is 0.326 e. The van der Waals surface area contributed by atoms with Crippen LogP contribution in [0.5, 0.6) is 0 Å². The van der Waals surface area contributed by atoms with Crippen molar-refractivity contribution in [2.45, 2.75) is 19.4 Å². The van der Waals surface area contributed by atoms with Gasteiger partial charge in [0.1, 0.15) is 6.04 Å². The molecule has 1 heterocycles. The molecule has 6 nitrogen and oxygen atoms in total. The van der Waals surface area contributed by atoms with Crippen molar-refractivity contribution in [1.82, 2.24) is 5.32 Å². The van der Waals surface area contributed by atoms with Gasteiger partial charge in [0.05, 0.1) is 11.3 Å². The molecule has 0 bridgehead atoms. The van der Waals surface area contributed by atoms with Crippen LogP contribution in [0.1, 0.15) is 21.7 Å². The van der Waals surface area contributed by atoms with Gasteiger partial charge in [-0.2, -0.15) is 0 Å². The van der Waals surface area contributed by atoms with Crippen molar-refractivity contribution in [3.05, 3.63) is 34.7 Å². The molecule has 2 rings (SSSR count). The zero-order chi connectivity index (χ0) is 15.6. The van der Waals surface area contributed by atoms with Crippen molar-refractivity contribution in [1.29, 1.82) is 0 Å². The van der Waals surface area contributed by atoms with Crippen LogP contribution in [0.25, 0.3) is 10.1 Å². The highest BCUT2D eigenvalue weighted by Crippen LogP contribution is 2.30. The third kappa shape index (κ3) is 3.19. The number of thiophene rings is 1. The second-order valence-electron chi connectivity index (χ2n) is 4.51. The number of aliphatic carboxylic acids is 2. The minimum atomic E-state index is -1.44. The van der Waals surface area contributed by atoms with E-state index >= 15 is 0 Å². The Kier molecular flexibility index (Phi) is 4.23. The SMILES string of the molecule is Cc1c(C(=O)N[C@@H](CC(=O)O)C(=O)O)sc2ccccc12. The molecular weight excluding hydrogens is 294 g/mol. The van der Waals surface area contributed by atoms with Crippen LogP contribution in [-0.4, -0.2) is 34.1 Å². The van der Waals surface area contributed by atoms with Crippen LogP contribution in [0, 0.1) is 6.92 Å². The molecule has 0 aliphatic rings. The third-order valence-electron chi connectivity index (χ3n) is 3.03. The van der Waals surface area contributed by atoms with E-state index in [4.69, 9.17) is 10.2 Å². The van der Waals surface area contributed by atoms with Gasteiger partial charge in [-0.05, 0) is 23.9 Å². The van der Waals surface area contributed by atoms with E-state index in [-0.39, 0.29) is 0 Å². The molecule has 0 aliphatic carbocycles. The number of carboxylic acid groups (broad SMARTS) is 2. The fourth-order valence-electron chi connectivity index (χ4n) is 1.99. The maximum Gasteiger partial charge on any atom is 0.326 e. The fraction of sp³-hybridized carbons (Fsp3) is 0.214. The van der Waals surface area contributed by atoms with Gasteiger partial charge in [-0.3, -0.25) is 9.59 Å². The van der Waals surface area contributed by atoms with E-state index in [1.165, 1.54) is 11.3 Å². The summed E-state index contributed by atoms with van der Waals surface area (Å²) in [7, 11) is 0. The quantitative estimate of drug-likeness (QED) is 0.782. The molecule has 0 spiro atoms. The summed E-state index contributed by atoms with van der Waals surface area (Å²) < 4.78 is 0.922. The second-order valence-corrected chi connectivity index (χ2v) is 5.57. The Morgan fingerprint density at radius 1 is 1.24 bits per heavy atom. The first-order valence-corrected chi connectivity index (χ1v) is 6.95. The summed E-state index contributed by atoms with van der Waals surface area (Å²) in [5, 5.41) is 20.8.